The molecule has 0 radical (unpaired) electrons. The predicted octanol–water partition coefficient (Wildman–Crippen LogP) is 9.48. The second-order valence-electron chi connectivity index (χ2n) is 11.7. The molecule has 0 saturated carbocycles. The average Bonchev–Trinajstić information content (AvgIpc) is 2.75. The van der Waals surface area contributed by atoms with E-state index in [2.05, 4.69) is 6.92 Å². The Kier molecular flexibility index (Phi) is 15.5. The number of aromatic hydroxyl groups is 1. The molecular weight excluding hydrogens is 455 g/mol. The molecule has 0 spiro atoms. The third-order valence-electron chi connectivity index (χ3n) is 7.23. The van der Waals surface area contributed by atoms with Gasteiger partial charge in [0, 0.05) is 0 Å². The molecule has 0 fully saturated rings. The predicted molar refractivity (Wildman–Crippen MR) is 151 cm³/mol. The molecule has 0 atom stereocenters. The minimum Gasteiger partial charge on any atom is -0.507 e. The molecule has 0 aliphatic rings. The first-order valence-electron chi connectivity index (χ1n) is 14.4. The van der Waals surface area contributed by atoms with Crippen LogP contribution in [0.2, 0.25) is 0 Å². The van der Waals surface area contributed by atoms with E-state index in [1.54, 1.807) is 0 Å². The summed E-state index contributed by atoms with van der Waals surface area (Å²) in [7, 11) is -4.18. The normalized spacial score (nSPS) is 12.4. The minimum absolute atomic E-state index is 0.259. The van der Waals surface area contributed by atoms with Crippen LogP contribution in [0.4, 0.5) is 0 Å². The molecule has 0 amide bonds. The second-order valence-corrected chi connectivity index (χ2v) is 13.3. The van der Waals surface area contributed by atoms with Gasteiger partial charge in [-0.15, -0.1) is 0 Å². The average molecular weight is 511 g/mol. The molecular formula is C30H55O4P. The fourth-order valence-electron chi connectivity index (χ4n) is 5.05. The van der Waals surface area contributed by atoms with Gasteiger partial charge in [-0.1, -0.05) is 130 Å². The van der Waals surface area contributed by atoms with E-state index in [1.165, 1.54) is 89.9 Å². The van der Waals surface area contributed by atoms with Crippen LogP contribution >= 0.6 is 7.60 Å². The van der Waals surface area contributed by atoms with Gasteiger partial charge in [0.25, 0.3) is 0 Å². The van der Waals surface area contributed by atoms with Crippen LogP contribution < -0.4 is 0 Å². The van der Waals surface area contributed by atoms with Gasteiger partial charge in [0.2, 0.25) is 0 Å². The van der Waals surface area contributed by atoms with Gasteiger partial charge in [-0.3, -0.25) is 4.57 Å². The van der Waals surface area contributed by atoms with Gasteiger partial charge < -0.3 is 14.9 Å². The monoisotopic (exact) mass is 510 g/mol. The van der Waals surface area contributed by atoms with E-state index in [1.807, 2.05) is 33.8 Å². The molecule has 4 nitrogen and oxygen atoms in total. The summed E-state index contributed by atoms with van der Waals surface area (Å²) >= 11 is 0. The van der Waals surface area contributed by atoms with E-state index < -0.39 is 7.60 Å². The first-order valence-corrected chi connectivity index (χ1v) is 16.2. The lowest BCUT2D eigenvalue weighted by atomic mass is 9.82. The number of phenolic OH excluding ortho intramolecular Hbond substituents is 1. The summed E-state index contributed by atoms with van der Waals surface area (Å²) in [5, 5.41) is 10.8. The Bertz CT molecular complexity index is 761. The van der Waals surface area contributed by atoms with Crippen molar-refractivity contribution < 1.29 is 19.5 Å². The number of hydrogen-bond donors (Lipinski definition) is 3. The van der Waals surface area contributed by atoms with Crippen molar-refractivity contribution in [3.63, 3.8) is 0 Å². The van der Waals surface area contributed by atoms with Crippen molar-refractivity contribution in [1.29, 1.82) is 0 Å². The Hall–Kier alpha value is -0.830. The van der Waals surface area contributed by atoms with Gasteiger partial charge in [0.05, 0.1) is 6.16 Å². The van der Waals surface area contributed by atoms with Crippen molar-refractivity contribution in [3.8, 4) is 5.75 Å². The van der Waals surface area contributed by atoms with Crippen LogP contribution in [0.5, 0.6) is 5.75 Å². The number of benzene rings is 1. The summed E-state index contributed by atoms with van der Waals surface area (Å²) in [6.07, 6.45) is 21.6. The van der Waals surface area contributed by atoms with Crippen LogP contribution in [0.3, 0.4) is 0 Å². The van der Waals surface area contributed by atoms with Crippen molar-refractivity contribution in [2.24, 2.45) is 0 Å². The van der Waals surface area contributed by atoms with E-state index in [4.69, 9.17) is 0 Å². The maximum atomic E-state index is 11.8. The van der Waals surface area contributed by atoms with Gasteiger partial charge in [0.15, 0.2) is 0 Å². The Morgan fingerprint density at radius 1 is 0.743 bits per heavy atom. The van der Waals surface area contributed by atoms with Crippen LogP contribution in [0, 0.1) is 6.92 Å². The quantitative estimate of drug-likeness (QED) is 0.128. The fourth-order valence-corrected chi connectivity index (χ4v) is 5.77. The van der Waals surface area contributed by atoms with Gasteiger partial charge in [0.1, 0.15) is 5.75 Å². The molecule has 35 heavy (non-hydrogen) atoms. The highest BCUT2D eigenvalue weighted by Gasteiger charge is 2.25. The molecule has 0 bridgehead atoms. The Morgan fingerprint density at radius 2 is 1.14 bits per heavy atom. The van der Waals surface area contributed by atoms with Crippen LogP contribution in [0.15, 0.2) is 6.07 Å². The standard InChI is InChI=1S/C30H55O4P/c1-6-7-8-9-10-11-12-13-14-15-16-17-18-19-20-21-22-27-25(2)29(31)28(30(3,4)5)23-26(27)24-35(32,33)34/h23,31H,6-22,24H2,1-5H3,(H2,32,33,34). The molecule has 1 aromatic rings. The van der Waals surface area contributed by atoms with Crippen LogP contribution in [-0.2, 0) is 22.6 Å². The largest absolute Gasteiger partial charge is 0.507 e. The molecule has 0 saturated heterocycles. The number of phenols is 1. The zero-order valence-electron chi connectivity index (χ0n) is 23.5. The Morgan fingerprint density at radius 3 is 1.51 bits per heavy atom. The Labute approximate surface area is 216 Å². The zero-order valence-corrected chi connectivity index (χ0v) is 24.4. The lowest BCUT2D eigenvalue weighted by Gasteiger charge is -2.25. The molecule has 0 unspecified atom stereocenters. The van der Waals surface area contributed by atoms with Crippen molar-refractivity contribution in [1.82, 2.24) is 0 Å². The highest BCUT2D eigenvalue weighted by molar-refractivity contribution is 7.50. The summed E-state index contributed by atoms with van der Waals surface area (Å²) in [6, 6.07) is 1.82. The molecule has 0 aliphatic heterocycles. The molecule has 0 aromatic heterocycles. The molecule has 1 aromatic carbocycles. The highest BCUT2D eigenvalue weighted by atomic mass is 31.2. The van der Waals surface area contributed by atoms with E-state index in [9.17, 15) is 19.5 Å². The van der Waals surface area contributed by atoms with E-state index in [0.29, 0.717) is 5.56 Å². The molecule has 0 aliphatic carbocycles. The topological polar surface area (TPSA) is 77.8 Å². The van der Waals surface area contributed by atoms with Crippen molar-refractivity contribution >= 4 is 7.60 Å². The molecule has 5 heteroatoms. The number of rotatable bonds is 19. The number of hydrogen-bond acceptors (Lipinski definition) is 2. The van der Waals surface area contributed by atoms with Gasteiger partial charge in [-0.25, -0.2) is 0 Å². The molecule has 0 heterocycles. The van der Waals surface area contributed by atoms with E-state index in [-0.39, 0.29) is 17.3 Å². The van der Waals surface area contributed by atoms with Crippen molar-refractivity contribution in [2.75, 3.05) is 0 Å². The summed E-state index contributed by atoms with van der Waals surface area (Å²) in [5.74, 6) is 0.276. The smallest absolute Gasteiger partial charge is 0.329 e. The summed E-state index contributed by atoms with van der Waals surface area (Å²) in [4.78, 5) is 19.2. The maximum absolute atomic E-state index is 11.8. The third-order valence-corrected chi connectivity index (χ3v) is 7.99. The molecule has 3 N–H and O–H groups in total. The van der Waals surface area contributed by atoms with Crippen LogP contribution in [-0.4, -0.2) is 14.9 Å². The van der Waals surface area contributed by atoms with E-state index >= 15 is 0 Å². The fraction of sp³-hybridized carbons (Fsp3) is 0.800. The maximum Gasteiger partial charge on any atom is 0.329 e. The van der Waals surface area contributed by atoms with Crippen molar-refractivity contribution in [2.45, 2.75) is 155 Å². The zero-order chi connectivity index (χ0) is 26.3. The van der Waals surface area contributed by atoms with Crippen LogP contribution in [0.25, 0.3) is 0 Å². The summed E-state index contributed by atoms with van der Waals surface area (Å²) < 4.78 is 11.8. The Balaban J connectivity index is 2.32. The van der Waals surface area contributed by atoms with Crippen molar-refractivity contribution in [3.05, 3.63) is 28.3 Å². The van der Waals surface area contributed by atoms with E-state index in [0.717, 1.165) is 36.0 Å². The second kappa shape index (κ2) is 16.8. The van der Waals surface area contributed by atoms with Gasteiger partial charge >= 0.3 is 7.60 Å². The third kappa shape index (κ3) is 13.9. The molecule has 1 rings (SSSR count). The van der Waals surface area contributed by atoms with Crippen LogP contribution in [0.1, 0.15) is 153 Å². The summed E-state index contributed by atoms with van der Waals surface area (Å²) in [5.41, 5.74) is 2.87. The summed E-state index contributed by atoms with van der Waals surface area (Å²) in [6.45, 7) is 10.2. The van der Waals surface area contributed by atoms with Gasteiger partial charge in [-0.2, -0.15) is 0 Å². The SMILES string of the molecule is CCCCCCCCCCCCCCCCCCc1c(CP(=O)(O)O)cc(C(C)(C)C)c(O)c1C. The minimum atomic E-state index is -4.18. The first kappa shape index (κ1) is 32.2. The highest BCUT2D eigenvalue weighted by Crippen LogP contribution is 2.44. The number of unbranched alkanes of at least 4 members (excludes halogenated alkanes) is 15. The lowest BCUT2D eigenvalue weighted by molar-refractivity contribution is 0.371. The molecule has 204 valence electrons. The first-order chi connectivity index (χ1) is 16.5. The van der Waals surface area contributed by atoms with Gasteiger partial charge in [-0.05, 0) is 47.4 Å². The lowest BCUT2D eigenvalue weighted by Crippen LogP contribution is -2.14.